The molecule has 0 radical (unpaired) electrons. The number of aromatic nitrogens is 1. The van der Waals surface area contributed by atoms with Gasteiger partial charge in [0.05, 0.1) is 29.5 Å². The quantitative estimate of drug-likeness (QED) is 0.449. The van der Waals surface area contributed by atoms with E-state index < -0.39 is 16.7 Å². The van der Waals surface area contributed by atoms with Gasteiger partial charge in [0.25, 0.3) is 5.91 Å². The van der Waals surface area contributed by atoms with Crippen LogP contribution < -0.4 is 4.90 Å². The van der Waals surface area contributed by atoms with Crippen LogP contribution in [0.1, 0.15) is 16.1 Å². The Morgan fingerprint density at radius 2 is 2.10 bits per heavy atom. The van der Waals surface area contributed by atoms with Gasteiger partial charge < -0.3 is 9.15 Å². The number of nitrogens with zero attached hydrogens (tertiary/aromatic N) is 4. The molecule has 29 heavy (non-hydrogen) atoms. The first kappa shape index (κ1) is 19.5. The molecule has 0 saturated carbocycles. The second-order valence-corrected chi connectivity index (χ2v) is 7.73. The first-order valence-corrected chi connectivity index (χ1v) is 10.1. The van der Waals surface area contributed by atoms with Crippen LogP contribution in [-0.2, 0) is 4.74 Å². The molecule has 0 atom stereocenters. The van der Waals surface area contributed by atoms with Crippen molar-refractivity contribution in [2.45, 2.75) is 6.92 Å². The van der Waals surface area contributed by atoms with E-state index in [-0.39, 0.29) is 5.76 Å². The molecule has 1 amide bonds. The third kappa shape index (κ3) is 4.14. The fourth-order valence-corrected chi connectivity index (χ4v) is 4.28. The summed E-state index contributed by atoms with van der Waals surface area (Å²) < 4.78 is 11.5. The standard InChI is InChI=1S/C19H20N4O5S/c1-13-3-2-4-15-17(13)20-19(29-15)22(8-7-21-9-11-27-12-10-21)18(24)14-5-6-16(28-14)23(25)26/h2-6H,7-12H2,1H3. The van der Waals surface area contributed by atoms with Crippen molar-refractivity contribution in [3.8, 4) is 0 Å². The smallest absolute Gasteiger partial charge is 0.395 e. The Bertz CT molecular complexity index is 1040. The Morgan fingerprint density at radius 1 is 1.31 bits per heavy atom. The SMILES string of the molecule is Cc1cccc2sc(N(CCN3CCOCC3)C(=O)c3ccc([N+](=O)[O-])o3)nc12. The number of rotatable bonds is 6. The number of aryl methyl sites for hydroxylation is 1. The lowest BCUT2D eigenvalue weighted by Gasteiger charge is -2.28. The molecule has 2 aromatic heterocycles. The summed E-state index contributed by atoms with van der Waals surface area (Å²) in [6, 6.07) is 8.42. The lowest BCUT2D eigenvalue weighted by molar-refractivity contribution is -0.402. The summed E-state index contributed by atoms with van der Waals surface area (Å²) >= 11 is 1.42. The molecule has 3 aromatic rings. The van der Waals surface area contributed by atoms with Gasteiger partial charge in [0.15, 0.2) is 10.9 Å². The number of ether oxygens (including phenoxy) is 1. The number of carbonyl (C=O) groups is 1. The van der Waals surface area contributed by atoms with Crippen LogP contribution in [-0.4, -0.2) is 60.1 Å². The highest BCUT2D eigenvalue weighted by Crippen LogP contribution is 2.32. The molecule has 1 aliphatic rings. The topological polar surface area (TPSA) is 102 Å². The second-order valence-electron chi connectivity index (χ2n) is 6.72. The van der Waals surface area contributed by atoms with Crippen LogP contribution in [0.5, 0.6) is 0 Å². The van der Waals surface area contributed by atoms with Gasteiger partial charge in [-0.3, -0.25) is 24.7 Å². The third-order valence-electron chi connectivity index (χ3n) is 4.81. The van der Waals surface area contributed by atoms with E-state index in [4.69, 9.17) is 9.15 Å². The Labute approximate surface area is 170 Å². The van der Waals surface area contributed by atoms with Gasteiger partial charge in [0.2, 0.25) is 0 Å². The molecular weight excluding hydrogens is 396 g/mol. The lowest BCUT2D eigenvalue weighted by Crippen LogP contribution is -2.43. The summed E-state index contributed by atoms with van der Waals surface area (Å²) in [5.74, 6) is -0.973. The van der Waals surface area contributed by atoms with Crippen LogP contribution in [0.4, 0.5) is 11.0 Å². The number of morpholine rings is 1. The molecule has 10 heteroatoms. The molecule has 1 fully saturated rings. The van der Waals surface area contributed by atoms with Crippen LogP contribution in [0, 0.1) is 17.0 Å². The number of nitro groups is 1. The molecule has 1 aliphatic heterocycles. The number of benzene rings is 1. The third-order valence-corrected chi connectivity index (χ3v) is 5.86. The summed E-state index contributed by atoms with van der Waals surface area (Å²) in [5.41, 5.74) is 1.88. The monoisotopic (exact) mass is 416 g/mol. The first-order valence-electron chi connectivity index (χ1n) is 9.25. The molecule has 0 unspecified atom stereocenters. The number of anilines is 1. The predicted octanol–water partition coefficient (Wildman–Crippen LogP) is 3.08. The molecule has 152 valence electrons. The van der Waals surface area contributed by atoms with Gasteiger partial charge >= 0.3 is 5.88 Å². The van der Waals surface area contributed by atoms with Crippen LogP contribution in [0.15, 0.2) is 34.7 Å². The number of fused-ring (bicyclic) bond motifs is 1. The number of thiazole rings is 1. The van der Waals surface area contributed by atoms with E-state index in [2.05, 4.69) is 9.88 Å². The van der Waals surface area contributed by atoms with Gasteiger partial charge in [0.1, 0.15) is 4.92 Å². The number of para-hydroxylation sites is 1. The maximum Gasteiger partial charge on any atom is 0.433 e. The van der Waals surface area contributed by atoms with E-state index in [1.54, 1.807) is 4.90 Å². The maximum atomic E-state index is 13.1. The Balaban J connectivity index is 1.64. The fourth-order valence-electron chi connectivity index (χ4n) is 3.21. The van der Waals surface area contributed by atoms with Crippen molar-refractivity contribution >= 4 is 38.5 Å². The minimum absolute atomic E-state index is 0.0744. The summed E-state index contributed by atoms with van der Waals surface area (Å²) in [6.07, 6.45) is 0. The zero-order valence-corrected chi connectivity index (χ0v) is 16.7. The number of amides is 1. The predicted molar refractivity (Wildman–Crippen MR) is 109 cm³/mol. The first-order chi connectivity index (χ1) is 14.0. The molecule has 1 saturated heterocycles. The van der Waals surface area contributed by atoms with Gasteiger partial charge in [-0.25, -0.2) is 4.98 Å². The molecule has 4 rings (SSSR count). The van der Waals surface area contributed by atoms with Crippen molar-refractivity contribution in [2.75, 3.05) is 44.3 Å². The van der Waals surface area contributed by atoms with E-state index >= 15 is 0 Å². The largest absolute Gasteiger partial charge is 0.433 e. The minimum Gasteiger partial charge on any atom is -0.395 e. The summed E-state index contributed by atoms with van der Waals surface area (Å²) in [6.45, 7) is 5.94. The van der Waals surface area contributed by atoms with Crippen molar-refractivity contribution in [2.24, 2.45) is 0 Å². The van der Waals surface area contributed by atoms with Crippen molar-refractivity contribution in [1.29, 1.82) is 0 Å². The van der Waals surface area contributed by atoms with E-state index in [1.165, 1.54) is 23.5 Å². The molecular formula is C19H20N4O5S. The number of carbonyl (C=O) groups excluding carboxylic acids is 1. The highest BCUT2D eigenvalue weighted by atomic mass is 32.1. The average Bonchev–Trinajstić information content (AvgIpc) is 3.37. The van der Waals surface area contributed by atoms with E-state index in [1.807, 2.05) is 25.1 Å². The molecule has 0 N–H and O–H groups in total. The van der Waals surface area contributed by atoms with Gasteiger partial charge in [-0.15, -0.1) is 0 Å². The normalized spacial score (nSPS) is 14.9. The zero-order valence-electron chi connectivity index (χ0n) is 15.9. The van der Waals surface area contributed by atoms with Crippen LogP contribution >= 0.6 is 11.3 Å². The van der Waals surface area contributed by atoms with E-state index in [9.17, 15) is 14.9 Å². The number of furan rings is 1. The fraction of sp³-hybridized carbons (Fsp3) is 0.368. The Morgan fingerprint density at radius 3 is 2.79 bits per heavy atom. The Hall–Kier alpha value is -2.82. The maximum absolute atomic E-state index is 13.1. The molecule has 0 spiro atoms. The minimum atomic E-state index is -0.657. The summed E-state index contributed by atoms with van der Waals surface area (Å²) in [7, 11) is 0. The highest BCUT2D eigenvalue weighted by Gasteiger charge is 2.27. The average molecular weight is 416 g/mol. The molecule has 0 bridgehead atoms. The van der Waals surface area contributed by atoms with Crippen LogP contribution in [0.3, 0.4) is 0 Å². The van der Waals surface area contributed by atoms with Crippen LogP contribution in [0.25, 0.3) is 10.2 Å². The van der Waals surface area contributed by atoms with Gasteiger partial charge in [-0.1, -0.05) is 23.5 Å². The van der Waals surface area contributed by atoms with Gasteiger partial charge in [0, 0.05) is 26.2 Å². The second kappa shape index (κ2) is 8.27. The van der Waals surface area contributed by atoms with Gasteiger partial charge in [-0.05, 0) is 24.6 Å². The zero-order chi connectivity index (χ0) is 20.4. The van der Waals surface area contributed by atoms with E-state index in [0.717, 1.165) is 28.9 Å². The van der Waals surface area contributed by atoms with Crippen molar-refractivity contribution in [3.05, 3.63) is 51.8 Å². The molecule has 1 aromatic carbocycles. The van der Waals surface area contributed by atoms with E-state index in [0.29, 0.717) is 31.4 Å². The molecule has 0 aliphatic carbocycles. The lowest BCUT2D eigenvalue weighted by atomic mass is 10.2. The van der Waals surface area contributed by atoms with Crippen molar-refractivity contribution in [1.82, 2.24) is 9.88 Å². The highest BCUT2D eigenvalue weighted by molar-refractivity contribution is 7.22. The van der Waals surface area contributed by atoms with Gasteiger partial charge in [-0.2, -0.15) is 0 Å². The number of hydrogen-bond donors (Lipinski definition) is 0. The van der Waals surface area contributed by atoms with Crippen molar-refractivity contribution < 1.29 is 18.9 Å². The van der Waals surface area contributed by atoms with Crippen LogP contribution in [0.2, 0.25) is 0 Å². The number of hydrogen-bond acceptors (Lipinski definition) is 8. The van der Waals surface area contributed by atoms with Crippen molar-refractivity contribution in [3.63, 3.8) is 0 Å². The Kier molecular flexibility index (Phi) is 5.56. The summed E-state index contributed by atoms with van der Waals surface area (Å²) in [5, 5.41) is 11.5. The summed E-state index contributed by atoms with van der Waals surface area (Å²) in [4.78, 5) is 31.8. The molecule has 3 heterocycles. The molecule has 9 nitrogen and oxygen atoms in total.